The van der Waals surface area contributed by atoms with E-state index in [-0.39, 0.29) is 6.09 Å². The number of nitrogens with zero attached hydrogens (tertiary/aromatic N) is 1. The molecule has 1 amide bonds. The van der Waals surface area contributed by atoms with Crippen molar-refractivity contribution >= 4 is 6.09 Å². The average Bonchev–Trinajstić information content (AvgIpc) is 2.52. The SMILES string of the molecule is CCC[C@H]1CCCN1C(=O)OC. The van der Waals surface area contributed by atoms with Crippen LogP contribution in [0.15, 0.2) is 0 Å². The molecule has 12 heavy (non-hydrogen) atoms. The summed E-state index contributed by atoms with van der Waals surface area (Å²) in [6.07, 6.45) is 4.35. The van der Waals surface area contributed by atoms with Crippen LogP contribution in [-0.2, 0) is 4.74 Å². The largest absolute Gasteiger partial charge is 0.453 e. The Bertz CT molecular complexity index is 159. The van der Waals surface area contributed by atoms with E-state index in [0.29, 0.717) is 6.04 Å². The van der Waals surface area contributed by atoms with Crippen molar-refractivity contribution in [2.75, 3.05) is 13.7 Å². The van der Waals surface area contributed by atoms with Crippen LogP contribution in [0.3, 0.4) is 0 Å². The van der Waals surface area contributed by atoms with Gasteiger partial charge in [0.25, 0.3) is 0 Å². The third-order valence-corrected chi connectivity index (χ3v) is 2.41. The summed E-state index contributed by atoms with van der Waals surface area (Å²) in [5.74, 6) is 0. The first-order valence-electron chi connectivity index (χ1n) is 4.64. The molecule has 1 saturated heterocycles. The van der Waals surface area contributed by atoms with E-state index in [2.05, 4.69) is 6.92 Å². The standard InChI is InChI=1S/C9H17NO2/c1-3-5-8-6-4-7-10(8)9(11)12-2/h8H,3-7H2,1-2H3/t8-/m0/s1. The van der Waals surface area contributed by atoms with Gasteiger partial charge in [-0.2, -0.15) is 0 Å². The second-order valence-electron chi connectivity index (χ2n) is 3.25. The van der Waals surface area contributed by atoms with Crippen molar-refractivity contribution in [3.05, 3.63) is 0 Å². The molecule has 1 fully saturated rings. The Morgan fingerprint density at radius 2 is 2.42 bits per heavy atom. The van der Waals surface area contributed by atoms with Crippen LogP contribution in [0.2, 0.25) is 0 Å². The van der Waals surface area contributed by atoms with Gasteiger partial charge >= 0.3 is 6.09 Å². The summed E-state index contributed by atoms with van der Waals surface area (Å²) >= 11 is 0. The second-order valence-corrected chi connectivity index (χ2v) is 3.25. The zero-order valence-electron chi connectivity index (χ0n) is 7.88. The number of likely N-dealkylation sites (tertiary alicyclic amines) is 1. The van der Waals surface area contributed by atoms with Crippen molar-refractivity contribution in [3.63, 3.8) is 0 Å². The second kappa shape index (κ2) is 4.33. The van der Waals surface area contributed by atoms with E-state index in [1.807, 2.05) is 4.90 Å². The number of hydrogen-bond donors (Lipinski definition) is 0. The molecule has 70 valence electrons. The van der Waals surface area contributed by atoms with Crippen LogP contribution in [0.5, 0.6) is 0 Å². The molecular formula is C9H17NO2. The topological polar surface area (TPSA) is 29.5 Å². The van der Waals surface area contributed by atoms with E-state index in [9.17, 15) is 4.79 Å². The maximum Gasteiger partial charge on any atom is 0.409 e. The van der Waals surface area contributed by atoms with E-state index in [4.69, 9.17) is 4.74 Å². The van der Waals surface area contributed by atoms with Gasteiger partial charge in [0.1, 0.15) is 0 Å². The number of amides is 1. The van der Waals surface area contributed by atoms with Crippen molar-refractivity contribution in [1.82, 2.24) is 4.90 Å². The molecule has 1 aliphatic rings. The van der Waals surface area contributed by atoms with E-state index in [0.717, 1.165) is 32.2 Å². The van der Waals surface area contributed by atoms with Crippen molar-refractivity contribution in [2.24, 2.45) is 0 Å². The predicted molar refractivity (Wildman–Crippen MR) is 47.0 cm³/mol. The quantitative estimate of drug-likeness (QED) is 0.636. The maximum absolute atomic E-state index is 11.2. The highest BCUT2D eigenvalue weighted by Gasteiger charge is 2.28. The van der Waals surface area contributed by atoms with Crippen LogP contribution in [0.1, 0.15) is 32.6 Å². The fourth-order valence-electron chi connectivity index (χ4n) is 1.83. The molecule has 0 aliphatic carbocycles. The first kappa shape index (κ1) is 9.36. The molecule has 0 N–H and O–H groups in total. The first-order valence-corrected chi connectivity index (χ1v) is 4.64. The van der Waals surface area contributed by atoms with E-state index in [1.165, 1.54) is 7.11 Å². The van der Waals surface area contributed by atoms with Gasteiger partial charge in [-0.05, 0) is 19.3 Å². The van der Waals surface area contributed by atoms with E-state index in [1.54, 1.807) is 0 Å². The van der Waals surface area contributed by atoms with Gasteiger partial charge in [-0.15, -0.1) is 0 Å². The molecule has 0 aromatic rings. The lowest BCUT2D eigenvalue weighted by atomic mass is 10.1. The minimum Gasteiger partial charge on any atom is -0.453 e. The third kappa shape index (κ3) is 1.90. The number of carbonyl (C=O) groups is 1. The van der Waals surface area contributed by atoms with Gasteiger partial charge < -0.3 is 9.64 Å². The van der Waals surface area contributed by atoms with Gasteiger partial charge in [0.05, 0.1) is 7.11 Å². The number of methoxy groups -OCH3 is 1. The summed E-state index contributed by atoms with van der Waals surface area (Å²) in [6.45, 7) is 3.02. The Labute approximate surface area is 73.7 Å². The lowest BCUT2D eigenvalue weighted by Gasteiger charge is -2.22. The molecule has 0 aromatic carbocycles. The van der Waals surface area contributed by atoms with Crippen LogP contribution in [0.25, 0.3) is 0 Å². The third-order valence-electron chi connectivity index (χ3n) is 2.41. The number of hydrogen-bond acceptors (Lipinski definition) is 2. The molecule has 0 radical (unpaired) electrons. The van der Waals surface area contributed by atoms with Crippen molar-refractivity contribution in [1.29, 1.82) is 0 Å². The van der Waals surface area contributed by atoms with Crippen molar-refractivity contribution in [3.8, 4) is 0 Å². The van der Waals surface area contributed by atoms with Gasteiger partial charge in [0.2, 0.25) is 0 Å². The summed E-state index contributed by atoms with van der Waals surface area (Å²) in [6, 6.07) is 0.433. The molecule has 0 spiro atoms. The van der Waals surface area contributed by atoms with Crippen LogP contribution < -0.4 is 0 Å². The zero-order valence-corrected chi connectivity index (χ0v) is 7.88. The van der Waals surface area contributed by atoms with Gasteiger partial charge in [0.15, 0.2) is 0 Å². The van der Waals surface area contributed by atoms with Crippen LogP contribution >= 0.6 is 0 Å². The molecule has 1 atom stereocenters. The van der Waals surface area contributed by atoms with Crippen LogP contribution in [-0.4, -0.2) is 30.7 Å². The maximum atomic E-state index is 11.2. The summed E-state index contributed by atoms with van der Waals surface area (Å²) < 4.78 is 4.70. The minimum absolute atomic E-state index is 0.161. The monoisotopic (exact) mass is 171 g/mol. The van der Waals surface area contributed by atoms with Crippen molar-refractivity contribution < 1.29 is 9.53 Å². The summed E-state index contributed by atoms with van der Waals surface area (Å²) in [5, 5.41) is 0. The van der Waals surface area contributed by atoms with Gasteiger partial charge in [-0.25, -0.2) is 4.79 Å². The highest BCUT2D eigenvalue weighted by atomic mass is 16.5. The molecule has 0 saturated carbocycles. The van der Waals surface area contributed by atoms with E-state index < -0.39 is 0 Å². The summed E-state index contributed by atoms with van der Waals surface area (Å²) in [5.41, 5.74) is 0. The predicted octanol–water partition coefficient (Wildman–Crippen LogP) is 2.02. The number of rotatable bonds is 2. The van der Waals surface area contributed by atoms with E-state index >= 15 is 0 Å². The molecule has 0 bridgehead atoms. The van der Waals surface area contributed by atoms with Crippen LogP contribution in [0, 0.1) is 0 Å². The lowest BCUT2D eigenvalue weighted by molar-refractivity contribution is 0.117. The molecule has 0 aromatic heterocycles. The fraction of sp³-hybridized carbons (Fsp3) is 0.889. The lowest BCUT2D eigenvalue weighted by Crippen LogP contribution is -2.35. The number of carbonyl (C=O) groups excluding carboxylic acids is 1. The Balaban J connectivity index is 2.45. The van der Waals surface area contributed by atoms with Gasteiger partial charge in [-0.3, -0.25) is 0 Å². The summed E-state index contributed by atoms with van der Waals surface area (Å²) in [7, 11) is 1.45. The molecule has 0 unspecified atom stereocenters. The normalized spacial score (nSPS) is 22.8. The van der Waals surface area contributed by atoms with Crippen LogP contribution in [0.4, 0.5) is 4.79 Å². The average molecular weight is 171 g/mol. The van der Waals surface area contributed by atoms with Gasteiger partial charge in [0, 0.05) is 12.6 Å². The molecule has 1 heterocycles. The Hall–Kier alpha value is -0.730. The highest BCUT2D eigenvalue weighted by molar-refractivity contribution is 5.68. The highest BCUT2D eigenvalue weighted by Crippen LogP contribution is 2.21. The number of ether oxygens (including phenoxy) is 1. The fourth-order valence-corrected chi connectivity index (χ4v) is 1.83. The molecule has 1 rings (SSSR count). The molecule has 3 nitrogen and oxygen atoms in total. The Morgan fingerprint density at radius 1 is 1.67 bits per heavy atom. The zero-order chi connectivity index (χ0) is 8.97. The Morgan fingerprint density at radius 3 is 3.00 bits per heavy atom. The molecular weight excluding hydrogens is 154 g/mol. The molecule has 3 heteroatoms. The van der Waals surface area contributed by atoms with Gasteiger partial charge in [-0.1, -0.05) is 13.3 Å². The first-order chi connectivity index (χ1) is 5.79. The minimum atomic E-state index is -0.161. The summed E-state index contributed by atoms with van der Waals surface area (Å²) in [4.78, 5) is 13.1. The van der Waals surface area contributed by atoms with Crippen molar-refractivity contribution in [2.45, 2.75) is 38.6 Å². The molecule has 1 aliphatic heterocycles. The smallest absolute Gasteiger partial charge is 0.409 e. The Kier molecular flexibility index (Phi) is 3.38.